The molecule has 86 valence electrons. The molecule has 0 aromatic rings. The average Bonchev–Trinajstić information content (AvgIpc) is 2.77. The Labute approximate surface area is 91.1 Å². The SMILES string of the molecule is NC1COCC(N2CCC3CNCC32)C1. The molecule has 3 fully saturated rings. The normalized spacial score (nSPS) is 47.0. The number of nitrogens with one attached hydrogen (secondary N) is 1. The van der Waals surface area contributed by atoms with Crippen LogP contribution in [0.3, 0.4) is 0 Å². The van der Waals surface area contributed by atoms with Crippen LogP contribution in [0.15, 0.2) is 0 Å². The van der Waals surface area contributed by atoms with Gasteiger partial charge in [0.05, 0.1) is 13.2 Å². The number of rotatable bonds is 1. The standard InChI is InChI=1S/C11H21N3O/c12-9-3-10(7-15-6-9)14-2-1-8-4-13-5-11(8)14/h8-11,13H,1-7,12H2. The van der Waals surface area contributed by atoms with Gasteiger partial charge in [-0.3, -0.25) is 4.90 Å². The van der Waals surface area contributed by atoms with Crippen molar-refractivity contribution in [3.05, 3.63) is 0 Å². The van der Waals surface area contributed by atoms with Crippen LogP contribution in [-0.4, -0.2) is 55.9 Å². The first-order valence-electron chi connectivity index (χ1n) is 6.14. The summed E-state index contributed by atoms with van der Waals surface area (Å²) in [5.74, 6) is 0.878. The van der Waals surface area contributed by atoms with Crippen molar-refractivity contribution in [2.75, 3.05) is 32.8 Å². The first-order chi connectivity index (χ1) is 7.34. The number of likely N-dealkylation sites (tertiary alicyclic amines) is 1. The third-order valence-electron chi connectivity index (χ3n) is 4.17. The summed E-state index contributed by atoms with van der Waals surface area (Å²) in [7, 11) is 0. The van der Waals surface area contributed by atoms with Crippen LogP contribution in [0.2, 0.25) is 0 Å². The minimum atomic E-state index is 0.247. The summed E-state index contributed by atoms with van der Waals surface area (Å²) in [5.41, 5.74) is 5.96. The van der Waals surface area contributed by atoms with Crippen molar-refractivity contribution in [2.45, 2.75) is 31.0 Å². The Morgan fingerprint density at radius 2 is 2.20 bits per heavy atom. The Morgan fingerprint density at radius 3 is 3.07 bits per heavy atom. The van der Waals surface area contributed by atoms with Crippen LogP contribution in [0.1, 0.15) is 12.8 Å². The van der Waals surface area contributed by atoms with E-state index in [1.165, 1.54) is 19.5 Å². The van der Waals surface area contributed by atoms with Crippen LogP contribution in [0, 0.1) is 5.92 Å². The predicted molar refractivity (Wildman–Crippen MR) is 58.7 cm³/mol. The molecule has 0 aliphatic carbocycles. The van der Waals surface area contributed by atoms with Gasteiger partial charge < -0.3 is 15.8 Å². The van der Waals surface area contributed by atoms with E-state index in [4.69, 9.17) is 10.5 Å². The third kappa shape index (κ3) is 1.80. The molecular formula is C11H21N3O. The number of hydrogen-bond acceptors (Lipinski definition) is 4. The molecule has 0 aromatic heterocycles. The van der Waals surface area contributed by atoms with E-state index < -0.39 is 0 Å². The van der Waals surface area contributed by atoms with Crippen molar-refractivity contribution in [2.24, 2.45) is 11.7 Å². The molecule has 0 amide bonds. The fourth-order valence-corrected chi connectivity index (χ4v) is 3.41. The molecule has 0 radical (unpaired) electrons. The zero-order valence-electron chi connectivity index (χ0n) is 9.19. The Morgan fingerprint density at radius 1 is 1.27 bits per heavy atom. The van der Waals surface area contributed by atoms with Crippen LogP contribution >= 0.6 is 0 Å². The molecule has 0 bridgehead atoms. The Balaban J connectivity index is 1.66. The van der Waals surface area contributed by atoms with E-state index in [1.54, 1.807) is 0 Å². The Bertz CT molecular complexity index is 236. The highest BCUT2D eigenvalue weighted by Crippen LogP contribution is 2.30. The Hall–Kier alpha value is -0.160. The second-order valence-corrected chi connectivity index (χ2v) is 5.20. The van der Waals surface area contributed by atoms with Crippen molar-refractivity contribution >= 4 is 0 Å². The first kappa shape index (κ1) is 10.0. The minimum absolute atomic E-state index is 0.247. The van der Waals surface area contributed by atoms with Gasteiger partial charge >= 0.3 is 0 Å². The van der Waals surface area contributed by atoms with Gasteiger partial charge in [-0.25, -0.2) is 0 Å². The molecular weight excluding hydrogens is 190 g/mol. The lowest BCUT2D eigenvalue weighted by molar-refractivity contribution is 0.00284. The summed E-state index contributed by atoms with van der Waals surface area (Å²) in [4.78, 5) is 2.64. The van der Waals surface area contributed by atoms with Crippen LogP contribution in [0.5, 0.6) is 0 Å². The van der Waals surface area contributed by atoms with Gasteiger partial charge in [0.15, 0.2) is 0 Å². The van der Waals surface area contributed by atoms with E-state index in [1.807, 2.05) is 0 Å². The van der Waals surface area contributed by atoms with Gasteiger partial charge in [-0.05, 0) is 31.8 Å². The van der Waals surface area contributed by atoms with E-state index in [2.05, 4.69) is 10.2 Å². The van der Waals surface area contributed by atoms with Crippen molar-refractivity contribution < 1.29 is 4.74 Å². The molecule has 0 aromatic carbocycles. The van der Waals surface area contributed by atoms with E-state index in [0.29, 0.717) is 6.04 Å². The summed E-state index contributed by atoms with van der Waals surface area (Å²) in [6, 6.07) is 1.57. The summed E-state index contributed by atoms with van der Waals surface area (Å²) >= 11 is 0. The highest BCUT2D eigenvalue weighted by molar-refractivity contribution is 4.98. The second kappa shape index (κ2) is 4.01. The van der Waals surface area contributed by atoms with Crippen molar-refractivity contribution in [1.29, 1.82) is 0 Å². The minimum Gasteiger partial charge on any atom is -0.378 e. The van der Waals surface area contributed by atoms with Crippen LogP contribution in [0.4, 0.5) is 0 Å². The monoisotopic (exact) mass is 211 g/mol. The summed E-state index contributed by atoms with van der Waals surface area (Å²) in [5, 5.41) is 3.49. The third-order valence-corrected chi connectivity index (χ3v) is 4.17. The van der Waals surface area contributed by atoms with E-state index in [-0.39, 0.29) is 6.04 Å². The molecule has 0 saturated carbocycles. The zero-order valence-corrected chi connectivity index (χ0v) is 9.19. The number of ether oxygens (including phenoxy) is 1. The van der Waals surface area contributed by atoms with Crippen LogP contribution in [0.25, 0.3) is 0 Å². The average molecular weight is 211 g/mol. The van der Waals surface area contributed by atoms with Crippen molar-refractivity contribution in [1.82, 2.24) is 10.2 Å². The maximum atomic E-state index is 5.96. The molecule has 4 heteroatoms. The predicted octanol–water partition coefficient (Wildman–Crippen LogP) is -0.604. The van der Waals surface area contributed by atoms with E-state index in [9.17, 15) is 0 Å². The van der Waals surface area contributed by atoms with Crippen LogP contribution < -0.4 is 11.1 Å². The molecule has 3 N–H and O–H groups in total. The number of nitrogens with two attached hydrogens (primary N) is 1. The maximum Gasteiger partial charge on any atom is 0.0623 e. The summed E-state index contributed by atoms with van der Waals surface area (Å²) in [6.45, 7) is 5.25. The molecule has 15 heavy (non-hydrogen) atoms. The molecule has 3 aliphatic rings. The van der Waals surface area contributed by atoms with Crippen molar-refractivity contribution in [3.8, 4) is 0 Å². The van der Waals surface area contributed by atoms with Gasteiger partial charge in [-0.1, -0.05) is 0 Å². The van der Waals surface area contributed by atoms with Gasteiger partial charge in [0.2, 0.25) is 0 Å². The molecule has 3 rings (SSSR count). The smallest absolute Gasteiger partial charge is 0.0623 e. The van der Waals surface area contributed by atoms with E-state index >= 15 is 0 Å². The fraction of sp³-hybridized carbons (Fsp3) is 1.00. The molecule has 4 atom stereocenters. The highest BCUT2D eigenvalue weighted by atomic mass is 16.5. The molecule has 3 aliphatic heterocycles. The number of fused-ring (bicyclic) bond motifs is 1. The van der Waals surface area contributed by atoms with Gasteiger partial charge in [-0.2, -0.15) is 0 Å². The van der Waals surface area contributed by atoms with Gasteiger partial charge in [0, 0.05) is 24.7 Å². The molecule has 3 saturated heterocycles. The topological polar surface area (TPSA) is 50.5 Å². The molecule has 4 nitrogen and oxygen atoms in total. The molecule has 3 heterocycles. The highest BCUT2D eigenvalue weighted by Gasteiger charge is 2.41. The quantitative estimate of drug-likeness (QED) is 0.608. The fourth-order valence-electron chi connectivity index (χ4n) is 3.41. The van der Waals surface area contributed by atoms with E-state index in [0.717, 1.165) is 38.1 Å². The van der Waals surface area contributed by atoms with Crippen LogP contribution in [-0.2, 0) is 4.74 Å². The summed E-state index contributed by atoms with van der Waals surface area (Å²) < 4.78 is 5.57. The Kier molecular flexibility index (Phi) is 2.68. The maximum absolute atomic E-state index is 5.96. The van der Waals surface area contributed by atoms with Gasteiger partial charge in [0.25, 0.3) is 0 Å². The summed E-state index contributed by atoms with van der Waals surface area (Å²) in [6.07, 6.45) is 2.46. The number of hydrogen-bond donors (Lipinski definition) is 2. The second-order valence-electron chi connectivity index (χ2n) is 5.20. The largest absolute Gasteiger partial charge is 0.378 e. The lowest BCUT2D eigenvalue weighted by Gasteiger charge is -2.37. The van der Waals surface area contributed by atoms with Gasteiger partial charge in [-0.15, -0.1) is 0 Å². The lowest BCUT2D eigenvalue weighted by atomic mass is 10.0. The van der Waals surface area contributed by atoms with Crippen molar-refractivity contribution in [3.63, 3.8) is 0 Å². The lowest BCUT2D eigenvalue weighted by Crippen LogP contribution is -2.50. The van der Waals surface area contributed by atoms with Gasteiger partial charge in [0.1, 0.15) is 0 Å². The molecule has 0 spiro atoms. The number of nitrogens with zero attached hydrogens (tertiary/aromatic N) is 1. The molecule has 4 unspecified atom stereocenters. The first-order valence-corrected chi connectivity index (χ1v) is 6.14. The zero-order chi connectivity index (χ0) is 10.3.